The molecule has 5 aromatic rings. The van der Waals surface area contributed by atoms with Crippen molar-refractivity contribution in [3.8, 4) is 0 Å². The lowest BCUT2D eigenvalue weighted by Gasteiger charge is -2.51. The van der Waals surface area contributed by atoms with Gasteiger partial charge in [-0.3, -0.25) is 53.0 Å². The maximum atomic E-state index is 15.3. The third-order valence-electron chi connectivity index (χ3n) is 17.6. The van der Waals surface area contributed by atoms with Gasteiger partial charge < -0.3 is 71.1 Å². The van der Waals surface area contributed by atoms with Gasteiger partial charge in [-0.05, 0) is 100 Å². The summed E-state index contributed by atoms with van der Waals surface area (Å²) in [5.74, 6) is -12.8. The molecular formula is C74H75N5O27. The number of amides is 4. The molecule has 4 amide bonds. The van der Waals surface area contributed by atoms with E-state index in [1.165, 1.54) is 91.9 Å². The number of nitrogens with zero attached hydrogens (tertiary/aromatic N) is 5. The van der Waals surface area contributed by atoms with Gasteiger partial charge in [0.15, 0.2) is 55.5 Å². The first-order chi connectivity index (χ1) is 50.7. The molecule has 0 N–H and O–H groups in total. The predicted molar refractivity (Wildman–Crippen MR) is 358 cm³/mol. The number of hydrogen-bond donors (Lipinski definition) is 0. The van der Waals surface area contributed by atoms with E-state index in [4.69, 9.17) is 66.3 Å². The van der Waals surface area contributed by atoms with Gasteiger partial charge in [-0.25, -0.2) is 14.4 Å². The van der Waals surface area contributed by atoms with Gasteiger partial charge in [-0.1, -0.05) is 82.5 Å². The minimum absolute atomic E-state index is 0.0633. The first-order valence-corrected chi connectivity index (χ1v) is 33.6. The van der Waals surface area contributed by atoms with Gasteiger partial charge in [0.25, 0.3) is 23.6 Å². The van der Waals surface area contributed by atoms with E-state index in [1.807, 2.05) is 0 Å². The Bertz CT molecular complexity index is 4170. The second kappa shape index (κ2) is 34.7. The van der Waals surface area contributed by atoms with Crippen LogP contribution < -0.4 is 0 Å². The summed E-state index contributed by atoms with van der Waals surface area (Å²) >= 11 is 0. The van der Waals surface area contributed by atoms with Crippen LogP contribution in [0.4, 0.5) is 0 Å². The van der Waals surface area contributed by atoms with Crippen LogP contribution >= 0.6 is 0 Å². The highest BCUT2D eigenvalue weighted by Gasteiger charge is 2.62. The van der Waals surface area contributed by atoms with Crippen LogP contribution in [0.3, 0.4) is 0 Å². The normalized spacial score (nSPS) is 25.2. The topological polar surface area (TPSA) is 406 Å². The van der Waals surface area contributed by atoms with Gasteiger partial charge in [0.2, 0.25) is 0 Å². The van der Waals surface area contributed by atoms with Crippen LogP contribution in [0.1, 0.15) is 143 Å². The number of benzene rings is 5. The van der Waals surface area contributed by atoms with E-state index in [9.17, 15) is 53.5 Å². The number of ketones is 1. The zero-order chi connectivity index (χ0) is 76.2. The third kappa shape index (κ3) is 18.1. The molecule has 5 heterocycles. The molecular weight excluding hydrogens is 1390 g/mol. The number of hydrogen-bond acceptors (Lipinski definition) is 28. The molecule has 5 aromatic carbocycles. The summed E-state index contributed by atoms with van der Waals surface area (Å²) in [5.41, 5.74) is 10.6. The van der Waals surface area contributed by atoms with Gasteiger partial charge in [0.1, 0.15) is 55.5 Å². The molecule has 0 radical (unpaired) electrons. The van der Waals surface area contributed by atoms with Crippen molar-refractivity contribution in [1.29, 1.82) is 0 Å². The van der Waals surface area contributed by atoms with Crippen LogP contribution in [-0.2, 0) is 95.1 Å². The summed E-state index contributed by atoms with van der Waals surface area (Å²) in [6, 6.07) is 25.1. The maximum absolute atomic E-state index is 15.3. The van der Waals surface area contributed by atoms with Crippen LogP contribution in [0.15, 0.2) is 126 Å². The van der Waals surface area contributed by atoms with Crippen molar-refractivity contribution in [2.45, 2.75) is 167 Å². The number of imide groups is 2. The first-order valence-electron chi connectivity index (χ1n) is 33.6. The monoisotopic (exact) mass is 1470 g/mol. The molecule has 5 aliphatic heterocycles. The number of aryl methyl sites for hydroxylation is 3. The summed E-state index contributed by atoms with van der Waals surface area (Å²) < 4.78 is 88.4. The van der Waals surface area contributed by atoms with Crippen molar-refractivity contribution in [3.63, 3.8) is 0 Å². The van der Waals surface area contributed by atoms with Gasteiger partial charge in [0.05, 0.1) is 52.0 Å². The number of esters is 8. The lowest BCUT2D eigenvalue weighted by molar-refractivity contribution is -0.353. The van der Waals surface area contributed by atoms with E-state index in [0.29, 0.717) is 20.9 Å². The number of carbonyl (C=O) groups is 13. The Balaban J connectivity index is 1.17. The summed E-state index contributed by atoms with van der Waals surface area (Å²) in [5, 5.41) is 3.59. The van der Waals surface area contributed by atoms with E-state index in [1.54, 1.807) is 57.2 Å². The molecule has 558 valence electrons. The average Bonchev–Trinajstić information content (AvgIpc) is 1.50. The molecule has 0 aliphatic carbocycles. The van der Waals surface area contributed by atoms with E-state index in [-0.39, 0.29) is 58.3 Å². The minimum Gasteiger partial charge on any atom is -0.463 e. The van der Waals surface area contributed by atoms with Crippen molar-refractivity contribution in [2.75, 3.05) is 33.0 Å². The maximum Gasteiger partial charge on any atom is 0.338 e. The Hall–Kier alpha value is -11.1. The Morgan fingerprint density at radius 3 is 1.24 bits per heavy atom. The smallest absolute Gasteiger partial charge is 0.338 e. The summed E-state index contributed by atoms with van der Waals surface area (Å²) in [6.07, 6.45) is -27.2. The summed E-state index contributed by atoms with van der Waals surface area (Å²) in [4.78, 5) is 188. The zero-order valence-corrected chi connectivity index (χ0v) is 58.6. The summed E-state index contributed by atoms with van der Waals surface area (Å²) in [6.45, 7) is 7.05. The quantitative estimate of drug-likeness (QED) is 0.00982. The molecule has 0 bridgehead atoms. The van der Waals surface area contributed by atoms with Crippen LogP contribution in [-0.4, -0.2) is 212 Å². The molecule has 3 saturated heterocycles. The van der Waals surface area contributed by atoms with Crippen LogP contribution in [0.2, 0.25) is 0 Å². The van der Waals surface area contributed by atoms with Gasteiger partial charge in [0, 0.05) is 52.2 Å². The van der Waals surface area contributed by atoms with Gasteiger partial charge >= 0.3 is 47.8 Å². The van der Waals surface area contributed by atoms with Crippen molar-refractivity contribution < 1.29 is 129 Å². The Morgan fingerprint density at radius 1 is 0.425 bits per heavy atom. The van der Waals surface area contributed by atoms with Crippen molar-refractivity contribution in [1.82, 2.24) is 9.80 Å². The molecule has 5 aliphatic rings. The number of carbonyl (C=O) groups excluding carboxylic acids is 13. The van der Waals surface area contributed by atoms with E-state index < -0.39 is 202 Å². The second-order valence-electron chi connectivity index (χ2n) is 25.4. The van der Waals surface area contributed by atoms with E-state index >= 15 is 14.4 Å². The fraction of sp³-hybridized carbons (Fsp3) is 0.419. The molecule has 15 atom stereocenters. The lowest BCUT2D eigenvalue weighted by Crippen LogP contribution is -2.70. The first kappa shape index (κ1) is 77.5. The van der Waals surface area contributed by atoms with Gasteiger partial charge in [-0.2, -0.15) is 0 Å². The van der Waals surface area contributed by atoms with Crippen molar-refractivity contribution in [2.24, 2.45) is 5.11 Å². The minimum atomic E-state index is -2.35. The fourth-order valence-corrected chi connectivity index (χ4v) is 12.6. The average molecular weight is 1470 g/mol. The largest absolute Gasteiger partial charge is 0.463 e. The molecule has 0 spiro atoms. The Morgan fingerprint density at radius 2 is 0.802 bits per heavy atom. The van der Waals surface area contributed by atoms with Crippen LogP contribution in [0.5, 0.6) is 0 Å². The number of rotatable bonds is 28. The number of ether oxygens (including phenoxy) is 14. The molecule has 0 unspecified atom stereocenters. The van der Waals surface area contributed by atoms with Gasteiger partial charge in [-0.15, -0.1) is 0 Å². The highest BCUT2D eigenvalue weighted by atomic mass is 16.8. The van der Waals surface area contributed by atoms with E-state index in [0.717, 1.165) is 33.3 Å². The highest BCUT2D eigenvalue weighted by Crippen LogP contribution is 2.42. The highest BCUT2D eigenvalue weighted by molar-refractivity contribution is 6.22. The zero-order valence-electron chi connectivity index (χ0n) is 58.6. The van der Waals surface area contributed by atoms with Crippen molar-refractivity contribution in [3.05, 3.63) is 187 Å². The fourth-order valence-electron chi connectivity index (χ4n) is 12.6. The predicted octanol–water partition coefficient (Wildman–Crippen LogP) is 6.48. The number of azide groups is 1. The van der Waals surface area contributed by atoms with Crippen LogP contribution in [0, 0.1) is 20.8 Å². The molecule has 0 saturated carbocycles. The number of fused-ring (bicyclic) bond motifs is 2. The lowest BCUT2D eigenvalue weighted by atomic mass is 9.93. The third-order valence-corrected chi connectivity index (χ3v) is 17.6. The molecule has 10 rings (SSSR count). The van der Waals surface area contributed by atoms with E-state index in [2.05, 4.69) is 10.0 Å². The Kier molecular flexibility index (Phi) is 25.3. The SMILES string of the molecule is CC(=O)CCC(=O)OC[C@H]1O[C@@H](O[C@H]2[C@@H](OC(C)=O)[C@@H](CO[C@@H]3O[C@H](COC(C)=O)[C@H](OC(C)=O)[C@H](OC(C)=O)[C@H]3N3C(=O)c4ccccc4C3=O)O[C@@H](OCCCN=[N+]=[N-])[C@@H]2N2C(=O)c3ccccc3C2=O)[C@H](OC(=O)c2ccc(C)cc2)[C@@H](OC(=O)c2ccc(C)cc2)[C@@H]1OC(=O)c1ccc(C)cc1. The standard InChI is InChI=1S/C74H75N5O27/c1-37-18-25-45(26-19-37)69(90)103-60-53(35-95-55(85)31-24-40(4)80)102-74(64(105-71(92)47-29-22-39(3)23-30-47)63(60)104-70(91)46-27-20-38(2)21-28-46)106-62-57(79-67(88)50-16-11-12-17-51(50)68(79)89)72(93-33-13-32-76-77-75)100-54(59(62)98-43(7)83)36-96-73-56(78-65(86)48-14-9-10-15-49(48)66(78)87)61(99-44(8)84)58(97-42(6)82)52(101-73)34-94-41(5)81/h9-12,14-23,25-30,52-54,56-64,72-74H,13,24,31-36H2,1-8H3/t52-,53-,54-,56-,57-,58+,59+,60-,61-,62-,63+,64-,72-,73-,74+/m1/s1. The molecule has 3 fully saturated rings. The Labute approximate surface area is 605 Å². The molecule has 32 nitrogen and oxygen atoms in total. The molecule has 32 heteroatoms. The van der Waals surface area contributed by atoms with Crippen molar-refractivity contribution >= 4 is 77.2 Å². The summed E-state index contributed by atoms with van der Waals surface area (Å²) in [7, 11) is 0. The number of Topliss-reactive ketones (excluding diaryl/α,β-unsaturated/α-hetero) is 1. The van der Waals surface area contributed by atoms with Crippen LogP contribution in [0.25, 0.3) is 10.4 Å². The molecule has 106 heavy (non-hydrogen) atoms. The second-order valence-corrected chi connectivity index (χ2v) is 25.4. The molecule has 0 aromatic heterocycles.